The molecule has 1 unspecified atom stereocenters. The van der Waals surface area contributed by atoms with Crippen LogP contribution in [0.25, 0.3) is 0 Å². The van der Waals surface area contributed by atoms with Crippen molar-refractivity contribution in [3.63, 3.8) is 0 Å². The lowest BCUT2D eigenvalue weighted by molar-refractivity contribution is -0.130. The topological polar surface area (TPSA) is 58.1 Å². The molecule has 5 nitrogen and oxygen atoms in total. The highest BCUT2D eigenvalue weighted by Crippen LogP contribution is 2.28. The number of carbonyl (C=O) groups excluding carboxylic acids is 1. The van der Waals surface area contributed by atoms with Gasteiger partial charge >= 0.3 is 0 Å². The third-order valence-corrected chi connectivity index (χ3v) is 4.45. The lowest BCUT2D eigenvalue weighted by Crippen LogP contribution is -2.39. The second kappa shape index (κ2) is 6.41. The van der Waals surface area contributed by atoms with E-state index in [0.29, 0.717) is 5.92 Å². The summed E-state index contributed by atoms with van der Waals surface area (Å²) in [6.07, 6.45) is 5.87. The first-order valence-corrected chi connectivity index (χ1v) is 8.02. The maximum atomic E-state index is 11.5. The fourth-order valence-electron chi connectivity index (χ4n) is 2.95. The summed E-state index contributed by atoms with van der Waals surface area (Å²) >= 11 is 0. The second-order valence-corrected chi connectivity index (χ2v) is 6.41. The number of piperidine rings is 1. The molecule has 0 radical (unpaired) electrons. The zero-order chi connectivity index (χ0) is 14.7. The predicted octanol–water partition coefficient (Wildman–Crippen LogP) is 2.10. The number of anilines is 1. The van der Waals surface area contributed by atoms with Crippen molar-refractivity contribution in [3.8, 4) is 0 Å². The van der Waals surface area contributed by atoms with Crippen molar-refractivity contribution in [2.75, 3.05) is 25.0 Å². The van der Waals surface area contributed by atoms with Gasteiger partial charge in [0.2, 0.25) is 5.91 Å². The third kappa shape index (κ3) is 4.16. The molecule has 3 rings (SSSR count). The van der Waals surface area contributed by atoms with E-state index < -0.39 is 0 Å². The molecule has 0 spiro atoms. The van der Waals surface area contributed by atoms with Crippen molar-refractivity contribution < 1.29 is 4.79 Å². The van der Waals surface area contributed by atoms with Crippen LogP contribution in [-0.2, 0) is 11.2 Å². The van der Waals surface area contributed by atoms with Gasteiger partial charge in [-0.1, -0.05) is 0 Å². The molecule has 1 amide bonds. The third-order valence-electron chi connectivity index (χ3n) is 4.45. The number of carbonyl (C=O) groups is 1. The van der Waals surface area contributed by atoms with Gasteiger partial charge in [-0.3, -0.25) is 4.79 Å². The Morgan fingerprint density at radius 2 is 2.14 bits per heavy atom. The molecule has 2 fully saturated rings. The van der Waals surface area contributed by atoms with Gasteiger partial charge in [-0.25, -0.2) is 0 Å². The molecule has 1 aromatic rings. The van der Waals surface area contributed by atoms with E-state index >= 15 is 0 Å². The number of nitrogens with zero attached hydrogens (tertiary/aromatic N) is 3. The molecular weight excluding hydrogens is 264 g/mol. The van der Waals surface area contributed by atoms with E-state index in [1.54, 1.807) is 6.92 Å². The molecule has 1 atom stereocenters. The van der Waals surface area contributed by atoms with Gasteiger partial charge in [-0.2, -0.15) is 5.10 Å². The minimum absolute atomic E-state index is 0.186. The zero-order valence-corrected chi connectivity index (χ0v) is 12.7. The van der Waals surface area contributed by atoms with Crippen LogP contribution in [0.5, 0.6) is 0 Å². The van der Waals surface area contributed by atoms with Crippen molar-refractivity contribution >= 4 is 11.7 Å². The maximum absolute atomic E-state index is 11.5. The molecule has 2 heterocycles. The summed E-state index contributed by atoms with van der Waals surface area (Å²) in [6.45, 7) is 4.44. The van der Waals surface area contributed by atoms with Gasteiger partial charge in [0.25, 0.3) is 0 Å². The second-order valence-electron chi connectivity index (χ2n) is 6.41. The van der Waals surface area contributed by atoms with Gasteiger partial charge in [0.05, 0.1) is 5.69 Å². The van der Waals surface area contributed by atoms with Crippen molar-refractivity contribution in [2.24, 2.45) is 11.8 Å². The van der Waals surface area contributed by atoms with Crippen molar-refractivity contribution in [3.05, 3.63) is 17.8 Å². The van der Waals surface area contributed by atoms with Crippen LogP contribution in [0.1, 0.15) is 38.3 Å². The van der Waals surface area contributed by atoms with Crippen LogP contribution in [0.15, 0.2) is 12.1 Å². The summed E-state index contributed by atoms with van der Waals surface area (Å²) in [7, 11) is 0. The van der Waals surface area contributed by atoms with Crippen molar-refractivity contribution in [1.29, 1.82) is 0 Å². The zero-order valence-electron chi connectivity index (χ0n) is 12.7. The van der Waals surface area contributed by atoms with E-state index in [1.807, 2.05) is 11.0 Å². The molecule has 1 aromatic heterocycles. The average molecular weight is 288 g/mol. The molecule has 1 N–H and O–H groups in total. The minimum atomic E-state index is 0.186. The van der Waals surface area contributed by atoms with Crippen LogP contribution in [0.3, 0.4) is 0 Å². The molecule has 2 aliphatic rings. The van der Waals surface area contributed by atoms with E-state index in [9.17, 15) is 4.79 Å². The Hall–Kier alpha value is -1.65. The largest absolute Gasteiger partial charge is 0.368 e. The number of likely N-dealkylation sites (tertiary alicyclic amines) is 1. The fraction of sp³-hybridized carbons (Fsp3) is 0.688. The number of aromatic nitrogens is 2. The van der Waals surface area contributed by atoms with E-state index in [1.165, 1.54) is 19.3 Å². The van der Waals surface area contributed by atoms with Crippen LogP contribution in [0.2, 0.25) is 0 Å². The van der Waals surface area contributed by atoms with Crippen LogP contribution >= 0.6 is 0 Å². The highest BCUT2D eigenvalue weighted by molar-refractivity contribution is 5.73. The van der Waals surface area contributed by atoms with Gasteiger partial charge < -0.3 is 10.2 Å². The van der Waals surface area contributed by atoms with Crippen LogP contribution < -0.4 is 5.32 Å². The Morgan fingerprint density at radius 3 is 2.81 bits per heavy atom. The van der Waals surface area contributed by atoms with Crippen LogP contribution in [0.4, 0.5) is 5.82 Å². The molecule has 114 valence electrons. The quantitative estimate of drug-likeness (QED) is 0.901. The van der Waals surface area contributed by atoms with E-state index in [0.717, 1.165) is 49.9 Å². The standard InChI is InChI=1S/C16H24N4O/c1-12(21)20-8-2-3-14(11-20)9-15-6-7-16(19-18-15)17-10-13-4-5-13/h6-7,13-14H,2-5,8-11H2,1H3,(H,17,19). The van der Waals surface area contributed by atoms with Gasteiger partial charge in [0.15, 0.2) is 0 Å². The van der Waals surface area contributed by atoms with Crippen molar-refractivity contribution in [1.82, 2.24) is 15.1 Å². The molecule has 1 saturated carbocycles. The lowest BCUT2D eigenvalue weighted by Gasteiger charge is -2.31. The van der Waals surface area contributed by atoms with Crippen LogP contribution in [0, 0.1) is 11.8 Å². The summed E-state index contributed by atoms with van der Waals surface area (Å²) in [5.41, 5.74) is 1.03. The Labute approximate surface area is 126 Å². The molecule has 21 heavy (non-hydrogen) atoms. The number of rotatable bonds is 5. The maximum Gasteiger partial charge on any atom is 0.219 e. The molecule has 0 aromatic carbocycles. The number of hydrogen-bond acceptors (Lipinski definition) is 4. The first-order valence-electron chi connectivity index (χ1n) is 8.02. The lowest BCUT2D eigenvalue weighted by atomic mass is 9.93. The van der Waals surface area contributed by atoms with Gasteiger partial charge in [0.1, 0.15) is 5.82 Å². The summed E-state index contributed by atoms with van der Waals surface area (Å²) < 4.78 is 0. The SMILES string of the molecule is CC(=O)N1CCCC(Cc2ccc(NCC3CC3)nn2)C1. The summed E-state index contributed by atoms with van der Waals surface area (Å²) in [6, 6.07) is 4.09. The summed E-state index contributed by atoms with van der Waals surface area (Å²) in [5, 5.41) is 11.9. The first-order chi connectivity index (χ1) is 10.2. The highest BCUT2D eigenvalue weighted by atomic mass is 16.2. The summed E-state index contributed by atoms with van der Waals surface area (Å²) in [4.78, 5) is 13.4. The average Bonchev–Trinajstić information content (AvgIpc) is 3.31. The minimum Gasteiger partial charge on any atom is -0.368 e. The van der Waals surface area contributed by atoms with Crippen molar-refractivity contribution in [2.45, 2.75) is 39.0 Å². The Kier molecular flexibility index (Phi) is 4.36. The Bertz CT molecular complexity index is 484. The highest BCUT2D eigenvalue weighted by Gasteiger charge is 2.22. The normalized spacial score (nSPS) is 22.1. The molecule has 0 bridgehead atoms. The molecular formula is C16H24N4O. The fourth-order valence-corrected chi connectivity index (χ4v) is 2.95. The summed E-state index contributed by atoms with van der Waals surface area (Å²) in [5.74, 6) is 2.42. The number of amides is 1. The number of nitrogens with one attached hydrogen (secondary N) is 1. The monoisotopic (exact) mass is 288 g/mol. The molecule has 1 saturated heterocycles. The Balaban J connectivity index is 1.50. The van der Waals surface area contributed by atoms with Gasteiger partial charge in [-0.05, 0) is 56.1 Å². The van der Waals surface area contributed by atoms with Crippen LogP contribution in [-0.4, -0.2) is 40.6 Å². The molecule has 1 aliphatic heterocycles. The van der Waals surface area contributed by atoms with E-state index in [-0.39, 0.29) is 5.91 Å². The van der Waals surface area contributed by atoms with Gasteiger partial charge in [0, 0.05) is 26.6 Å². The molecule has 5 heteroatoms. The Morgan fingerprint density at radius 1 is 1.29 bits per heavy atom. The van der Waals surface area contributed by atoms with E-state index in [4.69, 9.17) is 0 Å². The first kappa shape index (κ1) is 14.3. The number of hydrogen-bond donors (Lipinski definition) is 1. The predicted molar refractivity (Wildman–Crippen MR) is 81.9 cm³/mol. The van der Waals surface area contributed by atoms with E-state index in [2.05, 4.69) is 21.6 Å². The molecule has 1 aliphatic carbocycles. The van der Waals surface area contributed by atoms with Gasteiger partial charge in [-0.15, -0.1) is 5.10 Å². The smallest absolute Gasteiger partial charge is 0.219 e.